The lowest BCUT2D eigenvalue weighted by atomic mass is 10.1. The molecule has 0 spiro atoms. The Balaban J connectivity index is 2.57. The minimum atomic E-state index is -3.14. The van der Waals surface area contributed by atoms with Crippen molar-refractivity contribution in [2.75, 3.05) is 25.4 Å². The summed E-state index contributed by atoms with van der Waals surface area (Å²) in [4.78, 5) is 0. The maximum absolute atomic E-state index is 11.6. The second kappa shape index (κ2) is 4.91. The molecule has 0 saturated carbocycles. The minimum absolute atomic E-state index is 0.0520. The molecule has 0 saturated heterocycles. The van der Waals surface area contributed by atoms with Gasteiger partial charge in [-0.25, -0.2) is 8.42 Å². The Kier molecular flexibility index (Phi) is 4.10. The summed E-state index contributed by atoms with van der Waals surface area (Å²) < 4.78 is 24.8. The van der Waals surface area contributed by atoms with Crippen LogP contribution >= 0.6 is 0 Å². The molecule has 82 valence electrons. The average molecular weight is 219 g/mol. The van der Waals surface area contributed by atoms with Crippen LogP contribution in [-0.2, 0) is 10.0 Å². The summed E-state index contributed by atoms with van der Waals surface area (Å²) in [5.74, 6) is 0.0520. The highest BCUT2D eigenvalue weighted by Crippen LogP contribution is 2.13. The third kappa shape index (κ3) is 3.08. The molecule has 14 heavy (non-hydrogen) atoms. The van der Waals surface area contributed by atoms with E-state index < -0.39 is 10.0 Å². The molecule has 1 aliphatic rings. The summed E-state index contributed by atoms with van der Waals surface area (Å²) in [5.41, 5.74) is 1.25. The van der Waals surface area contributed by atoms with Gasteiger partial charge in [-0.15, -0.1) is 0 Å². The normalized spacial score (nSPS) is 19.4. The van der Waals surface area contributed by atoms with E-state index in [0.29, 0.717) is 19.5 Å². The quantitative estimate of drug-likeness (QED) is 0.694. The molecule has 0 aromatic carbocycles. The molecule has 1 aliphatic heterocycles. The van der Waals surface area contributed by atoms with Gasteiger partial charge >= 0.3 is 0 Å². The van der Waals surface area contributed by atoms with Gasteiger partial charge in [-0.3, -0.25) is 0 Å². The zero-order chi connectivity index (χ0) is 10.6. The van der Waals surface area contributed by atoms with Crippen LogP contribution in [0, 0.1) is 0 Å². The van der Waals surface area contributed by atoms with E-state index in [9.17, 15) is 8.42 Å². The predicted octanol–water partition coefficient (Wildman–Crippen LogP) is 0.351. The van der Waals surface area contributed by atoms with E-state index in [1.165, 1.54) is 9.88 Å². The summed E-state index contributed by atoms with van der Waals surface area (Å²) in [5, 5.41) is 8.58. The molecule has 5 heteroatoms. The molecule has 0 aromatic heterocycles. The maximum atomic E-state index is 11.6. The van der Waals surface area contributed by atoms with Crippen LogP contribution in [0.2, 0.25) is 0 Å². The smallest absolute Gasteiger partial charge is 0.214 e. The van der Waals surface area contributed by atoms with Crippen LogP contribution in [0.3, 0.4) is 0 Å². The summed E-state index contributed by atoms with van der Waals surface area (Å²) in [6.07, 6.45) is 3.08. The first kappa shape index (κ1) is 11.7. The van der Waals surface area contributed by atoms with Crippen molar-refractivity contribution in [1.82, 2.24) is 4.31 Å². The van der Waals surface area contributed by atoms with Gasteiger partial charge in [0, 0.05) is 19.7 Å². The number of nitrogens with zero attached hydrogens (tertiary/aromatic N) is 1. The number of hydrogen-bond acceptors (Lipinski definition) is 3. The van der Waals surface area contributed by atoms with E-state index in [1.54, 1.807) is 0 Å². The largest absolute Gasteiger partial charge is 0.396 e. The first-order valence-electron chi connectivity index (χ1n) is 4.80. The van der Waals surface area contributed by atoms with Crippen LogP contribution in [-0.4, -0.2) is 43.3 Å². The Morgan fingerprint density at radius 3 is 2.79 bits per heavy atom. The minimum Gasteiger partial charge on any atom is -0.396 e. The van der Waals surface area contributed by atoms with Crippen molar-refractivity contribution in [3.8, 4) is 0 Å². The van der Waals surface area contributed by atoms with E-state index in [1.807, 2.05) is 13.0 Å². The van der Waals surface area contributed by atoms with E-state index >= 15 is 0 Å². The SMILES string of the molecule is CC1=CCN(S(=O)(=O)CCCO)CC1. The molecule has 0 radical (unpaired) electrons. The molecular weight excluding hydrogens is 202 g/mol. The molecule has 0 aliphatic carbocycles. The van der Waals surface area contributed by atoms with E-state index in [2.05, 4.69) is 0 Å². The number of hydrogen-bond donors (Lipinski definition) is 1. The number of sulfonamides is 1. The van der Waals surface area contributed by atoms with Gasteiger partial charge < -0.3 is 5.11 Å². The predicted molar refractivity (Wildman–Crippen MR) is 55.4 cm³/mol. The highest BCUT2D eigenvalue weighted by Gasteiger charge is 2.22. The van der Waals surface area contributed by atoms with E-state index in [0.717, 1.165) is 6.42 Å². The van der Waals surface area contributed by atoms with E-state index in [-0.39, 0.29) is 12.4 Å². The standard InChI is InChI=1S/C9H17NO3S/c1-9-3-5-10(6-4-9)14(12,13)8-2-7-11/h3,11H,2,4-8H2,1H3. The van der Waals surface area contributed by atoms with Crippen molar-refractivity contribution in [2.24, 2.45) is 0 Å². The number of rotatable bonds is 4. The molecule has 0 aromatic rings. The van der Waals surface area contributed by atoms with Gasteiger partial charge in [0.05, 0.1) is 5.75 Å². The van der Waals surface area contributed by atoms with Gasteiger partial charge in [-0.05, 0) is 19.8 Å². The van der Waals surface area contributed by atoms with Crippen molar-refractivity contribution < 1.29 is 13.5 Å². The van der Waals surface area contributed by atoms with Crippen molar-refractivity contribution in [3.05, 3.63) is 11.6 Å². The lowest BCUT2D eigenvalue weighted by Gasteiger charge is -2.24. The molecule has 4 nitrogen and oxygen atoms in total. The van der Waals surface area contributed by atoms with Crippen molar-refractivity contribution >= 4 is 10.0 Å². The van der Waals surface area contributed by atoms with Gasteiger partial charge in [0.15, 0.2) is 0 Å². The Hall–Kier alpha value is -0.390. The van der Waals surface area contributed by atoms with Gasteiger partial charge in [0.1, 0.15) is 0 Å². The van der Waals surface area contributed by atoms with Crippen molar-refractivity contribution in [2.45, 2.75) is 19.8 Å². The third-order valence-corrected chi connectivity index (χ3v) is 4.28. The Morgan fingerprint density at radius 2 is 2.29 bits per heavy atom. The molecule has 0 bridgehead atoms. The lowest BCUT2D eigenvalue weighted by Crippen LogP contribution is -2.36. The number of aliphatic hydroxyl groups excluding tert-OH is 1. The van der Waals surface area contributed by atoms with Crippen LogP contribution in [0.4, 0.5) is 0 Å². The van der Waals surface area contributed by atoms with Crippen LogP contribution in [0.1, 0.15) is 19.8 Å². The molecule has 0 atom stereocenters. The summed E-state index contributed by atoms with van der Waals surface area (Å²) >= 11 is 0. The monoisotopic (exact) mass is 219 g/mol. The highest BCUT2D eigenvalue weighted by atomic mass is 32.2. The van der Waals surface area contributed by atoms with Gasteiger partial charge in [-0.2, -0.15) is 4.31 Å². The van der Waals surface area contributed by atoms with Crippen LogP contribution in [0.5, 0.6) is 0 Å². The molecule has 1 heterocycles. The van der Waals surface area contributed by atoms with Gasteiger partial charge in [0.2, 0.25) is 10.0 Å². The number of aliphatic hydroxyl groups is 1. The van der Waals surface area contributed by atoms with Crippen LogP contribution in [0.15, 0.2) is 11.6 Å². The zero-order valence-electron chi connectivity index (χ0n) is 8.44. The van der Waals surface area contributed by atoms with Gasteiger partial charge in [0.25, 0.3) is 0 Å². The summed E-state index contributed by atoms with van der Waals surface area (Å²) in [6, 6.07) is 0. The average Bonchev–Trinajstić information content (AvgIpc) is 2.16. The summed E-state index contributed by atoms with van der Waals surface area (Å²) in [7, 11) is -3.14. The van der Waals surface area contributed by atoms with E-state index in [4.69, 9.17) is 5.11 Å². The van der Waals surface area contributed by atoms with Crippen molar-refractivity contribution in [3.63, 3.8) is 0 Å². The molecule has 1 N–H and O–H groups in total. The molecule has 1 rings (SSSR count). The fourth-order valence-corrected chi connectivity index (χ4v) is 2.80. The Bertz CT molecular complexity index is 308. The second-order valence-corrected chi connectivity index (χ2v) is 5.64. The third-order valence-electron chi connectivity index (χ3n) is 2.35. The Morgan fingerprint density at radius 1 is 1.57 bits per heavy atom. The van der Waals surface area contributed by atoms with Crippen LogP contribution in [0.25, 0.3) is 0 Å². The Labute approximate surface area is 85.3 Å². The van der Waals surface area contributed by atoms with Crippen molar-refractivity contribution in [1.29, 1.82) is 0 Å². The topological polar surface area (TPSA) is 57.6 Å². The summed E-state index contributed by atoms with van der Waals surface area (Å²) in [6.45, 7) is 3.01. The fourth-order valence-electron chi connectivity index (χ4n) is 1.38. The molecular formula is C9H17NO3S. The lowest BCUT2D eigenvalue weighted by molar-refractivity contribution is 0.294. The highest BCUT2D eigenvalue weighted by molar-refractivity contribution is 7.89. The van der Waals surface area contributed by atoms with Gasteiger partial charge in [-0.1, -0.05) is 11.6 Å². The molecule has 0 fully saturated rings. The maximum Gasteiger partial charge on any atom is 0.214 e. The molecule has 0 unspecified atom stereocenters. The first-order chi connectivity index (χ1) is 6.56. The fraction of sp³-hybridized carbons (Fsp3) is 0.778. The molecule has 0 amide bonds. The second-order valence-electron chi connectivity index (χ2n) is 3.55. The van der Waals surface area contributed by atoms with Crippen LogP contribution < -0.4 is 0 Å². The first-order valence-corrected chi connectivity index (χ1v) is 6.41. The zero-order valence-corrected chi connectivity index (χ0v) is 9.26.